The smallest absolute Gasteiger partial charge is 0.305 e. The molecule has 0 aromatic heterocycles. The van der Waals surface area contributed by atoms with Crippen molar-refractivity contribution in [1.29, 1.82) is 0 Å². The van der Waals surface area contributed by atoms with Crippen LogP contribution in [0.5, 0.6) is 5.75 Å². The Morgan fingerprint density at radius 3 is 2.48 bits per heavy atom. The van der Waals surface area contributed by atoms with E-state index in [4.69, 9.17) is 4.74 Å². The van der Waals surface area contributed by atoms with Gasteiger partial charge in [-0.3, -0.25) is 4.79 Å². The number of benzene rings is 1. The Kier molecular flexibility index (Phi) is 9.28. The van der Waals surface area contributed by atoms with Crippen LogP contribution in [0, 0.1) is 0 Å². The van der Waals surface area contributed by atoms with Gasteiger partial charge in [0.15, 0.2) is 5.96 Å². The van der Waals surface area contributed by atoms with Crippen LogP contribution in [0.1, 0.15) is 31.7 Å². The van der Waals surface area contributed by atoms with Crippen molar-refractivity contribution in [2.24, 2.45) is 4.99 Å². The molecule has 0 bridgehead atoms. The number of unbranched alkanes of at least 4 members (excludes halogenated alkanes) is 1. The van der Waals surface area contributed by atoms with Crippen LogP contribution in [0.2, 0.25) is 0 Å². The van der Waals surface area contributed by atoms with E-state index in [1.54, 1.807) is 7.11 Å². The summed E-state index contributed by atoms with van der Waals surface area (Å²) in [6.07, 6.45) is 2.15. The summed E-state index contributed by atoms with van der Waals surface area (Å²) in [6, 6.07) is 7.86. The Morgan fingerprint density at radius 2 is 1.87 bits per heavy atom. The van der Waals surface area contributed by atoms with E-state index < -0.39 is 0 Å². The van der Waals surface area contributed by atoms with Gasteiger partial charge in [0.05, 0.1) is 20.8 Å². The quantitative estimate of drug-likeness (QED) is 0.315. The van der Waals surface area contributed by atoms with Gasteiger partial charge >= 0.3 is 5.97 Å². The van der Waals surface area contributed by atoms with Crippen molar-refractivity contribution >= 4 is 11.9 Å². The second-order valence-corrected chi connectivity index (χ2v) is 5.00. The first kappa shape index (κ1) is 18.8. The number of esters is 1. The second-order valence-electron chi connectivity index (χ2n) is 5.00. The summed E-state index contributed by atoms with van der Waals surface area (Å²) in [6.45, 7) is 4.20. The lowest BCUT2D eigenvalue weighted by Crippen LogP contribution is -2.37. The lowest BCUT2D eigenvalue weighted by molar-refractivity contribution is -0.140. The molecule has 0 saturated carbocycles. The molecule has 0 radical (unpaired) electrons. The van der Waals surface area contributed by atoms with E-state index in [2.05, 4.69) is 20.4 Å². The van der Waals surface area contributed by atoms with Crippen molar-refractivity contribution in [3.8, 4) is 5.75 Å². The maximum absolute atomic E-state index is 11.0. The molecule has 128 valence electrons. The molecule has 1 aromatic carbocycles. The van der Waals surface area contributed by atoms with Gasteiger partial charge in [0.25, 0.3) is 0 Å². The fourth-order valence-corrected chi connectivity index (χ4v) is 1.95. The molecule has 0 spiro atoms. The Balaban J connectivity index is 2.38. The highest BCUT2D eigenvalue weighted by molar-refractivity contribution is 5.79. The molecule has 0 saturated heterocycles. The number of nitrogens with one attached hydrogen (secondary N) is 2. The van der Waals surface area contributed by atoms with E-state index in [9.17, 15) is 4.79 Å². The zero-order chi connectivity index (χ0) is 16.9. The predicted molar refractivity (Wildman–Crippen MR) is 91.7 cm³/mol. The van der Waals surface area contributed by atoms with Gasteiger partial charge in [0.1, 0.15) is 5.75 Å². The van der Waals surface area contributed by atoms with Crippen LogP contribution in [-0.2, 0) is 16.1 Å². The van der Waals surface area contributed by atoms with Crippen molar-refractivity contribution in [2.75, 3.05) is 27.3 Å². The molecule has 0 aliphatic rings. The Hall–Kier alpha value is -2.24. The molecule has 1 aromatic rings. The van der Waals surface area contributed by atoms with Gasteiger partial charge in [-0.25, -0.2) is 4.99 Å². The van der Waals surface area contributed by atoms with Crippen LogP contribution in [0.3, 0.4) is 0 Å². The molecule has 0 amide bonds. The summed E-state index contributed by atoms with van der Waals surface area (Å²) in [5, 5.41) is 6.48. The highest BCUT2D eigenvalue weighted by Crippen LogP contribution is 2.11. The molecule has 6 nitrogen and oxygen atoms in total. The van der Waals surface area contributed by atoms with Crippen molar-refractivity contribution < 1.29 is 14.3 Å². The molecular formula is C17H27N3O3. The monoisotopic (exact) mass is 321 g/mol. The van der Waals surface area contributed by atoms with Crippen molar-refractivity contribution in [2.45, 2.75) is 32.7 Å². The van der Waals surface area contributed by atoms with Crippen LogP contribution < -0.4 is 15.4 Å². The third kappa shape index (κ3) is 8.09. The Morgan fingerprint density at radius 1 is 1.13 bits per heavy atom. The summed E-state index contributed by atoms with van der Waals surface area (Å²) in [5.74, 6) is 1.46. The van der Waals surface area contributed by atoms with E-state index in [0.717, 1.165) is 43.2 Å². The van der Waals surface area contributed by atoms with Gasteiger partial charge < -0.3 is 20.1 Å². The number of carbonyl (C=O) groups is 1. The molecular weight excluding hydrogens is 294 g/mol. The van der Waals surface area contributed by atoms with Crippen molar-refractivity contribution in [3.05, 3.63) is 29.8 Å². The summed E-state index contributed by atoms with van der Waals surface area (Å²) >= 11 is 0. The third-order valence-electron chi connectivity index (χ3n) is 3.25. The van der Waals surface area contributed by atoms with Crippen LogP contribution in [0.15, 0.2) is 29.3 Å². The van der Waals surface area contributed by atoms with E-state index in [1.807, 2.05) is 31.2 Å². The summed E-state index contributed by atoms with van der Waals surface area (Å²) in [4.78, 5) is 15.6. The maximum Gasteiger partial charge on any atom is 0.305 e. The van der Waals surface area contributed by atoms with E-state index in [0.29, 0.717) is 13.0 Å². The first-order valence-corrected chi connectivity index (χ1v) is 7.91. The average Bonchev–Trinajstić information content (AvgIpc) is 2.59. The number of aliphatic imine (C=N–C) groups is 1. The lowest BCUT2D eigenvalue weighted by atomic mass is 10.2. The molecule has 1 rings (SSSR count). The molecule has 0 aliphatic carbocycles. The summed E-state index contributed by atoms with van der Waals surface area (Å²) < 4.78 is 9.76. The van der Waals surface area contributed by atoms with E-state index in [-0.39, 0.29) is 5.97 Å². The number of nitrogens with zero attached hydrogens (tertiary/aromatic N) is 1. The van der Waals surface area contributed by atoms with Gasteiger partial charge in [-0.1, -0.05) is 12.1 Å². The zero-order valence-corrected chi connectivity index (χ0v) is 14.2. The average molecular weight is 321 g/mol. The van der Waals surface area contributed by atoms with Crippen LogP contribution >= 0.6 is 0 Å². The Bertz CT molecular complexity index is 486. The minimum atomic E-state index is -0.162. The van der Waals surface area contributed by atoms with Crippen LogP contribution in [0.4, 0.5) is 0 Å². The number of rotatable bonds is 9. The zero-order valence-electron chi connectivity index (χ0n) is 14.2. The largest absolute Gasteiger partial charge is 0.497 e. The normalized spacial score (nSPS) is 11.0. The number of hydrogen-bond acceptors (Lipinski definition) is 4. The van der Waals surface area contributed by atoms with Gasteiger partial charge in [-0.2, -0.15) is 0 Å². The standard InChI is InChI=1S/C17H27N3O3/c1-4-18-17(19-12-6-5-7-16(21)23-3)20-13-14-8-10-15(22-2)11-9-14/h8-11H,4-7,12-13H2,1-3H3,(H2,18,19,20). The topological polar surface area (TPSA) is 72.0 Å². The predicted octanol–water partition coefficient (Wildman–Crippen LogP) is 2.09. The van der Waals surface area contributed by atoms with Crippen molar-refractivity contribution in [3.63, 3.8) is 0 Å². The number of guanidine groups is 1. The highest BCUT2D eigenvalue weighted by atomic mass is 16.5. The van der Waals surface area contributed by atoms with Gasteiger partial charge in [-0.05, 0) is 37.5 Å². The molecule has 0 unspecified atom stereocenters. The van der Waals surface area contributed by atoms with Gasteiger partial charge in [0.2, 0.25) is 0 Å². The maximum atomic E-state index is 11.0. The van der Waals surface area contributed by atoms with E-state index in [1.165, 1.54) is 7.11 Å². The highest BCUT2D eigenvalue weighted by Gasteiger charge is 2.01. The molecule has 6 heteroatoms. The molecule has 23 heavy (non-hydrogen) atoms. The second kappa shape index (κ2) is 11.3. The fourth-order valence-electron chi connectivity index (χ4n) is 1.95. The first-order chi connectivity index (χ1) is 11.2. The SMILES string of the molecule is CCNC(=NCc1ccc(OC)cc1)NCCCCC(=O)OC. The number of carbonyl (C=O) groups excluding carboxylic acids is 1. The van der Waals surface area contributed by atoms with Gasteiger partial charge in [0, 0.05) is 19.5 Å². The Labute approximate surface area is 138 Å². The number of hydrogen-bond donors (Lipinski definition) is 2. The van der Waals surface area contributed by atoms with E-state index >= 15 is 0 Å². The molecule has 0 heterocycles. The number of ether oxygens (including phenoxy) is 2. The fraction of sp³-hybridized carbons (Fsp3) is 0.529. The van der Waals surface area contributed by atoms with Crippen LogP contribution in [0.25, 0.3) is 0 Å². The molecule has 0 atom stereocenters. The lowest BCUT2D eigenvalue weighted by Gasteiger charge is -2.11. The minimum absolute atomic E-state index is 0.162. The van der Waals surface area contributed by atoms with Crippen LogP contribution in [-0.4, -0.2) is 39.2 Å². The molecule has 0 fully saturated rings. The first-order valence-electron chi connectivity index (χ1n) is 7.91. The summed E-state index contributed by atoms with van der Waals surface area (Å²) in [7, 11) is 3.07. The molecule has 2 N–H and O–H groups in total. The van der Waals surface area contributed by atoms with Crippen molar-refractivity contribution in [1.82, 2.24) is 10.6 Å². The third-order valence-corrected chi connectivity index (χ3v) is 3.25. The minimum Gasteiger partial charge on any atom is -0.497 e. The number of methoxy groups -OCH3 is 2. The van der Waals surface area contributed by atoms with Gasteiger partial charge in [-0.15, -0.1) is 0 Å². The molecule has 0 aliphatic heterocycles. The summed E-state index contributed by atoms with van der Waals surface area (Å²) in [5.41, 5.74) is 1.12.